The Labute approximate surface area is 242 Å². The standard InChI is InChI=1S/C34H31N3O3S/c1-5-40-33(39)29-30(23-11-7-6-8-12-23)36-34-37(31(29)24-17-15-22(16-18-24)20(2)3)32(38)28(41-34)19-26-21(4)35-27-14-10-9-13-25(26)27/h6-20,31,35H,5H2,1-4H3/b28-19-/t31-/m0/s1. The van der Waals surface area contributed by atoms with Crippen LogP contribution in [0.2, 0.25) is 0 Å². The molecular weight excluding hydrogens is 530 g/mol. The minimum atomic E-state index is -0.687. The number of H-pyrrole nitrogens is 1. The van der Waals surface area contributed by atoms with Crippen LogP contribution in [0.3, 0.4) is 0 Å². The van der Waals surface area contributed by atoms with Crippen LogP contribution >= 0.6 is 11.3 Å². The summed E-state index contributed by atoms with van der Waals surface area (Å²) in [6.45, 7) is 8.29. The first-order chi connectivity index (χ1) is 19.9. The maximum Gasteiger partial charge on any atom is 0.338 e. The minimum absolute atomic E-state index is 0.190. The van der Waals surface area contributed by atoms with Crippen LogP contribution in [0.1, 0.15) is 60.7 Å². The van der Waals surface area contributed by atoms with Crippen LogP contribution in [-0.2, 0) is 9.53 Å². The summed E-state index contributed by atoms with van der Waals surface area (Å²) in [6, 6.07) is 25.1. The van der Waals surface area contributed by atoms with Crippen molar-refractivity contribution in [2.24, 2.45) is 4.99 Å². The van der Waals surface area contributed by atoms with Gasteiger partial charge in [-0.2, -0.15) is 0 Å². The van der Waals surface area contributed by atoms with Gasteiger partial charge in [0.05, 0.1) is 28.5 Å². The number of aromatic nitrogens is 2. The largest absolute Gasteiger partial charge is 0.463 e. The lowest BCUT2D eigenvalue weighted by Crippen LogP contribution is -2.40. The van der Waals surface area contributed by atoms with Gasteiger partial charge in [-0.05, 0) is 43.0 Å². The number of hydrogen-bond acceptors (Lipinski definition) is 5. The van der Waals surface area contributed by atoms with Crippen molar-refractivity contribution in [2.45, 2.75) is 39.7 Å². The molecule has 6 nitrogen and oxygen atoms in total. The molecule has 0 spiro atoms. The Hall–Kier alpha value is -4.49. The Morgan fingerprint density at radius 1 is 1.05 bits per heavy atom. The number of rotatable bonds is 6. The Morgan fingerprint density at radius 3 is 2.46 bits per heavy atom. The second-order valence-electron chi connectivity index (χ2n) is 10.5. The molecule has 0 unspecified atom stereocenters. The third-order valence-corrected chi connectivity index (χ3v) is 8.49. The first-order valence-corrected chi connectivity index (χ1v) is 14.6. The van der Waals surface area contributed by atoms with Crippen LogP contribution in [0.4, 0.5) is 0 Å². The van der Waals surface area contributed by atoms with Gasteiger partial charge in [0, 0.05) is 27.7 Å². The van der Waals surface area contributed by atoms with E-state index in [0.717, 1.165) is 33.3 Å². The molecule has 1 atom stereocenters. The summed E-state index contributed by atoms with van der Waals surface area (Å²) < 4.78 is 7.79. The van der Waals surface area contributed by atoms with E-state index >= 15 is 0 Å². The Morgan fingerprint density at radius 2 is 1.76 bits per heavy atom. The number of ether oxygens (including phenoxy) is 1. The van der Waals surface area contributed by atoms with Crippen molar-refractivity contribution in [3.63, 3.8) is 0 Å². The minimum Gasteiger partial charge on any atom is -0.463 e. The van der Waals surface area contributed by atoms with Gasteiger partial charge in [0.25, 0.3) is 5.56 Å². The molecule has 7 heteroatoms. The highest BCUT2D eigenvalue weighted by atomic mass is 32.1. The molecule has 1 N–H and O–H groups in total. The zero-order chi connectivity index (χ0) is 28.7. The smallest absolute Gasteiger partial charge is 0.338 e. The number of nitrogens with zero attached hydrogens (tertiary/aromatic N) is 2. The molecule has 2 aromatic heterocycles. The summed E-state index contributed by atoms with van der Waals surface area (Å²) in [4.78, 5) is 36.8. The molecule has 6 rings (SSSR count). The van der Waals surface area contributed by atoms with Crippen molar-refractivity contribution in [3.8, 4) is 0 Å². The van der Waals surface area contributed by atoms with Crippen molar-refractivity contribution in [1.82, 2.24) is 9.55 Å². The number of aryl methyl sites for hydroxylation is 1. The number of para-hydroxylation sites is 1. The number of aromatic amines is 1. The van der Waals surface area contributed by atoms with E-state index in [2.05, 4.69) is 31.0 Å². The Balaban J connectivity index is 1.65. The van der Waals surface area contributed by atoms with Gasteiger partial charge in [0.2, 0.25) is 0 Å². The van der Waals surface area contributed by atoms with Crippen LogP contribution in [0.25, 0.3) is 22.7 Å². The maximum atomic E-state index is 14.2. The number of benzene rings is 3. The SMILES string of the molecule is CCOC(=O)C1=C(c2ccccc2)N=c2s/c(=C\c3c(C)[nH]c4ccccc34)c(=O)n2[C@H]1c1ccc(C(C)C)cc1. The quantitative estimate of drug-likeness (QED) is 0.264. The third-order valence-electron chi connectivity index (χ3n) is 7.51. The molecule has 0 bridgehead atoms. The second kappa shape index (κ2) is 10.8. The number of fused-ring (bicyclic) bond motifs is 2. The van der Waals surface area contributed by atoms with Crippen molar-refractivity contribution in [2.75, 3.05) is 6.61 Å². The zero-order valence-corrected chi connectivity index (χ0v) is 24.3. The van der Waals surface area contributed by atoms with E-state index in [1.165, 1.54) is 16.9 Å². The fraction of sp³-hybridized carbons (Fsp3) is 0.206. The molecule has 0 fully saturated rings. The molecule has 206 valence electrons. The van der Waals surface area contributed by atoms with Crippen LogP contribution in [-0.4, -0.2) is 22.1 Å². The van der Waals surface area contributed by atoms with Gasteiger partial charge in [0.15, 0.2) is 4.80 Å². The van der Waals surface area contributed by atoms with Crippen LogP contribution in [0, 0.1) is 6.92 Å². The normalized spacial score (nSPS) is 15.3. The Kier molecular flexibility index (Phi) is 7.05. The molecule has 1 aliphatic rings. The molecule has 41 heavy (non-hydrogen) atoms. The van der Waals surface area contributed by atoms with E-state index in [0.29, 0.717) is 26.5 Å². The van der Waals surface area contributed by atoms with E-state index in [9.17, 15) is 9.59 Å². The maximum absolute atomic E-state index is 14.2. The number of thiazole rings is 1. The van der Waals surface area contributed by atoms with Crippen LogP contribution in [0.15, 0.2) is 94.2 Å². The van der Waals surface area contributed by atoms with E-state index in [-0.39, 0.29) is 12.2 Å². The fourth-order valence-corrected chi connectivity index (χ4v) is 6.42. The second-order valence-corrected chi connectivity index (χ2v) is 11.5. The average Bonchev–Trinajstić information content (AvgIpc) is 3.47. The summed E-state index contributed by atoms with van der Waals surface area (Å²) >= 11 is 1.34. The summed E-state index contributed by atoms with van der Waals surface area (Å²) in [5, 5.41) is 1.05. The summed E-state index contributed by atoms with van der Waals surface area (Å²) in [6.07, 6.45) is 1.94. The van der Waals surface area contributed by atoms with Crippen molar-refractivity contribution < 1.29 is 9.53 Å². The van der Waals surface area contributed by atoms with E-state index < -0.39 is 12.0 Å². The summed E-state index contributed by atoms with van der Waals surface area (Å²) in [7, 11) is 0. The molecule has 0 aliphatic carbocycles. The number of esters is 1. The molecule has 0 radical (unpaired) electrons. The fourth-order valence-electron chi connectivity index (χ4n) is 5.43. The van der Waals surface area contributed by atoms with Gasteiger partial charge in [0.1, 0.15) is 0 Å². The first kappa shape index (κ1) is 26.7. The van der Waals surface area contributed by atoms with Crippen molar-refractivity contribution in [1.29, 1.82) is 0 Å². The number of carbonyl (C=O) groups is 1. The average molecular weight is 562 g/mol. The number of nitrogens with one attached hydrogen (secondary N) is 1. The van der Waals surface area contributed by atoms with Crippen LogP contribution in [0.5, 0.6) is 0 Å². The third kappa shape index (κ3) is 4.76. The molecule has 5 aromatic rings. The van der Waals surface area contributed by atoms with Gasteiger partial charge >= 0.3 is 5.97 Å². The Bertz CT molecular complexity index is 1980. The zero-order valence-electron chi connectivity index (χ0n) is 23.5. The molecule has 0 amide bonds. The first-order valence-electron chi connectivity index (χ1n) is 13.8. The van der Waals surface area contributed by atoms with Gasteiger partial charge in [-0.1, -0.05) is 98.0 Å². The van der Waals surface area contributed by atoms with Crippen molar-refractivity contribution >= 4 is 40.0 Å². The molecule has 3 aromatic carbocycles. The lowest BCUT2D eigenvalue weighted by atomic mass is 9.91. The van der Waals surface area contributed by atoms with Crippen molar-refractivity contribution in [3.05, 3.63) is 132 Å². The van der Waals surface area contributed by atoms with Gasteiger partial charge in [-0.15, -0.1) is 0 Å². The lowest BCUT2D eigenvalue weighted by Gasteiger charge is -2.26. The highest BCUT2D eigenvalue weighted by Gasteiger charge is 2.35. The number of hydrogen-bond donors (Lipinski definition) is 1. The summed E-state index contributed by atoms with van der Waals surface area (Å²) in [5.74, 6) is -0.125. The highest BCUT2D eigenvalue weighted by molar-refractivity contribution is 7.07. The molecular formula is C34H31N3O3S. The molecule has 0 saturated carbocycles. The highest BCUT2D eigenvalue weighted by Crippen LogP contribution is 2.35. The van der Waals surface area contributed by atoms with E-state index in [1.54, 1.807) is 11.5 Å². The lowest BCUT2D eigenvalue weighted by molar-refractivity contribution is -0.138. The number of carbonyl (C=O) groups excluding carboxylic acids is 1. The van der Waals surface area contributed by atoms with Gasteiger partial charge < -0.3 is 9.72 Å². The van der Waals surface area contributed by atoms with Gasteiger partial charge in [-0.25, -0.2) is 9.79 Å². The predicted molar refractivity (Wildman–Crippen MR) is 165 cm³/mol. The van der Waals surface area contributed by atoms with Gasteiger partial charge in [-0.3, -0.25) is 9.36 Å². The monoisotopic (exact) mass is 561 g/mol. The molecule has 1 aliphatic heterocycles. The summed E-state index contributed by atoms with van der Waals surface area (Å²) in [5.41, 5.74) is 6.47. The van der Waals surface area contributed by atoms with E-state index in [4.69, 9.17) is 9.73 Å². The molecule has 0 saturated heterocycles. The predicted octanol–water partition coefficient (Wildman–Crippen LogP) is 5.85. The van der Waals surface area contributed by atoms with Crippen LogP contribution < -0.4 is 14.9 Å². The van der Waals surface area contributed by atoms with E-state index in [1.807, 2.05) is 79.7 Å². The molecule has 3 heterocycles. The topological polar surface area (TPSA) is 76.4 Å².